The number of phenols is 4. The zero-order valence-corrected chi connectivity index (χ0v) is 48.3. The van der Waals surface area contributed by atoms with E-state index in [1.54, 1.807) is 18.2 Å². The average Bonchev–Trinajstić information content (AvgIpc) is 1.47. The quantitative estimate of drug-likeness (QED) is 0.0107. The number of aldehydes is 1. The van der Waals surface area contributed by atoms with Crippen molar-refractivity contribution in [1.82, 2.24) is 15.3 Å². The summed E-state index contributed by atoms with van der Waals surface area (Å²) < 4.78 is 11.2. The molecule has 88 heavy (non-hydrogen) atoms. The van der Waals surface area contributed by atoms with Crippen LogP contribution in [0.3, 0.4) is 0 Å². The van der Waals surface area contributed by atoms with Crippen LogP contribution in [0.1, 0.15) is 108 Å². The number of carbonyl (C=O) groups is 3. The second-order valence-corrected chi connectivity index (χ2v) is 24.4. The minimum atomic E-state index is -3.38. The smallest absolute Gasteiger partial charge is 0.355 e. The maximum atomic E-state index is 15.9. The van der Waals surface area contributed by atoms with E-state index in [9.17, 15) is 66.1 Å². The fourth-order valence-electron chi connectivity index (χ4n) is 15.7. The van der Waals surface area contributed by atoms with Crippen LogP contribution >= 0.6 is 0 Å². The number of nitrogens with zero attached hydrogens (tertiary/aromatic N) is 3. The number of imidazole rings is 1. The average molecular weight is 1210 g/mol. The van der Waals surface area contributed by atoms with E-state index in [0.29, 0.717) is 105 Å². The number of allylic oxidation sites excluding steroid dienone is 1. The van der Waals surface area contributed by atoms with E-state index >= 15 is 9.59 Å². The number of aliphatic imine (C=N–C) groups is 1. The topological polar surface area (TPSA) is 395 Å². The number of rotatable bonds is 19. The van der Waals surface area contributed by atoms with Crippen molar-refractivity contribution in [2.24, 2.45) is 40.3 Å². The van der Waals surface area contributed by atoms with Crippen molar-refractivity contribution in [3.63, 3.8) is 0 Å². The molecule has 0 bridgehead atoms. The molecule has 14 atom stereocenters. The van der Waals surface area contributed by atoms with Crippen LogP contribution in [0.25, 0.3) is 6.08 Å². The van der Waals surface area contributed by atoms with Crippen LogP contribution in [0.4, 0.5) is 5.69 Å². The van der Waals surface area contributed by atoms with Gasteiger partial charge in [0, 0.05) is 77.8 Å². The van der Waals surface area contributed by atoms with Crippen molar-refractivity contribution < 1.29 is 85.1 Å². The number of nitrogens with one attached hydrogen (secondary N) is 2. The number of carboxylic acids is 1. The Kier molecular flexibility index (Phi) is 17.5. The van der Waals surface area contributed by atoms with Crippen molar-refractivity contribution in [3.05, 3.63) is 142 Å². The molecule has 5 aromatic rings. The Labute approximate surface area is 506 Å². The molecule has 0 radical (unpaired) electrons. The second-order valence-electron chi connectivity index (χ2n) is 24.4. The lowest BCUT2D eigenvalue weighted by atomic mass is 9.44. The Morgan fingerprint density at radius 3 is 2.44 bits per heavy atom. The van der Waals surface area contributed by atoms with Crippen molar-refractivity contribution in [2.45, 2.75) is 137 Å². The van der Waals surface area contributed by atoms with Crippen LogP contribution in [-0.4, -0.2) is 157 Å². The summed E-state index contributed by atoms with van der Waals surface area (Å²) in [6.45, 7) is -0.683. The van der Waals surface area contributed by atoms with Gasteiger partial charge in [0.05, 0.1) is 37.0 Å². The largest absolute Gasteiger partial charge is 0.508 e. The van der Waals surface area contributed by atoms with Crippen molar-refractivity contribution in [1.29, 1.82) is 0 Å². The lowest BCUT2D eigenvalue weighted by molar-refractivity contribution is -0.422. The van der Waals surface area contributed by atoms with Gasteiger partial charge >= 0.3 is 11.9 Å². The van der Waals surface area contributed by atoms with E-state index in [-0.39, 0.29) is 59.8 Å². The molecule has 3 fully saturated rings. The molecule has 6 aliphatic rings. The van der Waals surface area contributed by atoms with Gasteiger partial charge in [-0.05, 0) is 129 Å². The molecule has 4 aromatic carbocycles. The summed E-state index contributed by atoms with van der Waals surface area (Å²) in [6, 6.07) is 20.3. The number of fused-ring (bicyclic) bond motifs is 6. The van der Waals surface area contributed by atoms with Gasteiger partial charge in [-0.25, -0.2) is 14.8 Å². The number of aromatic nitrogens is 2. The number of aliphatic hydroxyl groups excluding tert-OH is 6. The molecule has 0 spiro atoms. The van der Waals surface area contributed by atoms with Crippen LogP contribution in [0.15, 0.2) is 102 Å². The minimum Gasteiger partial charge on any atom is -0.508 e. The van der Waals surface area contributed by atoms with Crippen molar-refractivity contribution in [3.8, 4) is 28.7 Å². The summed E-state index contributed by atoms with van der Waals surface area (Å²) in [7, 11) is 0. The zero-order valence-electron chi connectivity index (χ0n) is 48.3. The number of ether oxygens (including phenoxy) is 2. The third-order valence-corrected chi connectivity index (χ3v) is 19.7. The van der Waals surface area contributed by atoms with Gasteiger partial charge in [0.15, 0.2) is 29.1 Å². The number of amides is 1. The van der Waals surface area contributed by atoms with Crippen LogP contribution in [0, 0.1) is 29.6 Å². The number of nitrogens with two attached hydrogens (primary N) is 1. The highest BCUT2D eigenvalue weighted by atomic mass is 16.8. The lowest BCUT2D eigenvalue weighted by Gasteiger charge is -2.59. The minimum absolute atomic E-state index is 0.0968. The number of aromatic amines is 1. The molecule has 23 nitrogen and oxygen atoms in total. The molecule has 16 N–H and O–H groups in total. The molecule has 1 aromatic heterocycles. The first kappa shape index (κ1) is 61.8. The fraction of sp³-hybridized carbons (Fsp3) is 0.462. The number of hydrogen-bond donors (Lipinski definition) is 15. The second kappa shape index (κ2) is 25.0. The Bertz CT molecular complexity index is 3520. The molecule has 2 aliphatic heterocycles. The van der Waals surface area contributed by atoms with Gasteiger partial charge < -0.3 is 91.6 Å². The fourth-order valence-corrected chi connectivity index (χ4v) is 15.7. The summed E-state index contributed by atoms with van der Waals surface area (Å²) >= 11 is 0. The van der Waals surface area contributed by atoms with Crippen molar-refractivity contribution >= 4 is 35.9 Å². The summed E-state index contributed by atoms with van der Waals surface area (Å²) in [5, 5.41) is 143. The van der Waals surface area contributed by atoms with E-state index in [1.807, 2.05) is 36.4 Å². The first-order chi connectivity index (χ1) is 42.3. The van der Waals surface area contributed by atoms with Crippen LogP contribution in [-0.2, 0) is 50.3 Å². The molecule has 0 unspecified atom stereocenters. The van der Waals surface area contributed by atoms with E-state index < -0.39 is 113 Å². The standard InChI is InChI=1S/C65H76N6O17/c66-62(68-30-35-7-2-1-3-8-35)67-23-22-36-16-17-38(27-48(36)77)42-29-63(61(84)85)55(54(42)64-40(10-5-11-41(64)31-73)19-18-37-9-4-13-47(76)53(37)64)52-45(28-49(56(79)58(52)81)87-65(86)60(83)59(82)57(80)50(32-74)88-65)71(63)51(78)21-15-34-14-20-46(75)39(25-34)26-44-43(12-6-24-72)69-33-70-44/h1-4,7-9,13-15,20-21,24-25,28-29,33,36,38,40-41,48,50,54-55,57,59-60,73-77,79-83,86H,5-6,10-12,16-19,22-23,26-27,30-32H2,(H,69,70)(H,84,85)(H3,66,67,68)/b21-15+/t36-,38+,40-,41-,48-,50-,54-,55+,57-,59+,60-,63-,64+,65+/m1/s1. The number of aromatic hydroxyl groups is 4. The van der Waals surface area contributed by atoms with E-state index in [2.05, 4.69) is 20.3 Å². The number of phenolic OH excluding ortho intramolecular Hbond substituents is 4. The number of guanidine groups is 1. The molecular formula is C65H76N6O17. The van der Waals surface area contributed by atoms with E-state index in [4.69, 9.17) is 15.2 Å². The Morgan fingerprint density at radius 1 is 0.909 bits per heavy atom. The molecule has 1 saturated heterocycles. The molecule has 11 rings (SSSR count). The number of aryl methyl sites for hydroxylation is 2. The normalized spacial score (nSPS) is 30.9. The van der Waals surface area contributed by atoms with E-state index in [1.165, 1.54) is 30.6 Å². The monoisotopic (exact) mass is 1210 g/mol. The number of aliphatic hydroxyl groups is 7. The Hall–Kier alpha value is -7.87. The SMILES string of the molecule is NC(=NCc1ccccc1)NCC[C@H]1CC[C@H](C2=C[C@]3(C(=O)O)[C@@H](c4c(cc(O[C@]5(O)O[C@H](CO)[C@@H](O)[C@H](O)[C@H]5O)c(O)c4O)N3C(=O)/C=C/c3ccc(O)c(Cc4[nH]cnc4CCC=O)c3)[C@@H]2[C@@]23c4c(O)cccc4CC[C@H]2CCC[C@@H]3CO)C[C@H]1O. The predicted molar refractivity (Wildman–Crippen MR) is 318 cm³/mol. The highest BCUT2D eigenvalue weighted by Crippen LogP contribution is 2.73. The molecule has 4 aliphatic carbocycles. The number of hydrogen-bond acceptors (Lipinski definition) is 18. The number of anilines is 1. The number of H-pyrrole nitrogens is 1. The number of carboxylic acid groups (broad SMARTS) is 1. The molecule has 1 amide bonds. The van der Waals surface area contributed by atoms with Crippen LogP contribution < -0.4 is 20.7 Å². The van der Waals surface area contributed by atoms with Gasteiger partial charge in [-0.1, -0.05) is 60.5 Å². The van der Waals surface area contributed by atoms with Crippen LogP contribution in [0.2, 0.25) is 0 Å². The molecule has 468 valence electrons. The molecule has 23 heteroatoms. The third-order valence-electron chi connectivity index (χ3n) is 19.7. The Balaban J connectivity index is 1.06. The summed E-state index contributed by atoms with van der Waals surface area (Å²) in [5.74, 6) is -13.6. The number of carbonyl (C=O) groups excluding carboxylic acids is 2. The maximum absolute atomic E-state index is 15.9. The van der Waals surface area contributed by atoms with Crippen molar-refractivity contribution in [2.75, 3.05) is 24.7 Å². The Morgan fingerprint density at radius 2 is 1.70 bits per heavy atom. The molecule has 2 saturated carbocycles. The van der Waals surface area contributed by atoms with Gasteiger partial charge in [0.25, 0.3) is 5.91 Å². The first-order valence-corrected chi connectivity index (χ1v) is 30.1. The van der Waals surface area contributed by atoms with E-state index in [0.717, 1.165) is 34.5 Å². The molecule has 3 heterocycles. The molecular weight excluding hydrogens is 1140 g/mol. The maximum Gasteiger partial charge on any atom is 0.355 e. The summed E-state index contributed by atoms with van der Waals surface area (Å²) in [4.78, 5) is 55.2. The number of benzene rings is 4. The van der Waals surface area contributed by atoms with Crippen LogP contribution in [0.5, 0.6) is 28.7 Å². The summed E-state index contributed by atoms with van der Waals surface area (Å²) in [6.07, 6.45) is 1.76. The first-order valence-electron chi connectivity index (χ1n) is 30.1. The third kappa shape index (κ3) is 10.7. The highest BCUT2D eigenvalue weighted by Gasteiger charge is 2.72. The van der Waals surface area contributed by atoms with Gasteiger partial charge in [-0.3, -0.25) is 9.69 Å². The lowest BCUT2D eigenvalue weighted by Crippen LogP contribution is -2.67. The summed E-state index contributed by atoms with van der Waals surface area (Å²) in [5.41, 5.74) is 6.46. The van der Waals surface area contributed by atoms with Gasteiger partial charge in [0.2, 0.25) is 5.75 Å². The zero-order chi connectivity index (χ0) is 62.4. The van der Waals surface area contributed by atoms with Gasteiger partial charge in [-0.15, -0.1) is 0 Å². The highest BCUT2D eigenvalue weighted by molar-refractivity contribution is 6.14. The number of aliphatic carboxylic acids is 1. The van der Waals surface area contributed by atoms with Gasteiger partial charge in [-0.2, -0.15) is 0 Å². The predicted octanol–water partition coefficient (Wildman–Crippen LogP) is 3.54. The van der Waals surface area contributed by atoms with Gasteiger partial charge in [0.1, 0.15) is 36.1 Å².